The Balaban J connectivity index is 2.37. The lowest BCUT2D eigenvalue weighted by Gasteiger charge is -1.98. The number of fused-ring (bicyclic) bond motifs is 1. The van der Waals surface area contributed by atoms with Crippen molar-refractivity contribution in [1.82, 2.24) is 9.78 Å². The molecule has 3 heteroatoms. The van der Waals surface area contributed by atoms with Gasteiger partial charge in [-0.3, -0.25) is 4.68 Å². The van der Waals surface area contributed by atoms with Crippen molar-refractivity contribution >= 4 is 26.8 Å². The van der Waals surface area contributed by atoms with Gasteiger partial charge in [-0.25, -0.2) is 0 Å². The van der Waals surface area contributed by atoms with E-state index in [1.54, 1.807) is 0 Å². The average Bonchev–Trinajstić information content (AvgIpc) is 2.91. The fourth-order valence-corrected chi connectivity index (χ4v) is 2.49. The van der Waals surface area contributed by atoms with Gasteiger partial charge in [0.05, 0.1) is 0 Å². The van der Waals surface area contributed by atoms with Crippen LogP contribution in [0.1, 0.15) is 24.5 Å². The van der Waals surface area contributed by atoms with E-state index in [-0.39, 0.29) is 0 Å². The van der Waals surface area contributed by atoms with E-state index in [0.717, 1.165) is 15.9 Å². The molecule has 2 aromatic rings. The Labute approximate surface area is 91.0 Å². The number of halogens is 1. The smallest absolute Gasteiger partial charge is 0.107 e. The van der Waals surface area contributed by atoms with Gasteiger partial charge >= 0.3 is 0 Å². The van der Waals surface area contributed by atoms with Crippen molar-refractivity contribution in [1.29, 1.82) is 0 Å². The molecular weight excluding hydrogens is 240 g/mol. The minimum absolute atomic E-state index is 0.749. The van der Waals surface area contributed by atoms with Crippen LogP contribution >= 0.6 is 15.9 Å². The number of hydrogen-bond donors (Lipinski definition) is 0. The molecule has 1 aromatic heterocycles. The molecule has 0 spiro atoms. The average molecular weight is 251 g/mol. The second-order valence-electron chi connectivity index (χ2n) is 3.92. The molecule has 1 fully saturated rings. The van der Waals surface area contributed by atoms with Crippen LogP contribution in [0.2, 0.25) is 0 Å². The van der Waals surface area contributed by atoms with Gasteiger partial charge in [-0.2, -0.15) is 5.10 Å². The number of hydrogen-bond acceptors (Lipinski definition) is 1. The van der Waals surface area contributed by atoms with Crippen molar-refractivity contribution in [3.05, 3.63) is 28.4 Å². The van der Waals surface area contributed by atoms with Gasteiger partial charge in [0.25, 0.3) is 0 Å². The maximum absolute atomic E-state index is 4.54. The highest BCUT2D eigenvalue weighted by atomic mass is 79.9. The first-order valence-electron chi connectivity index (χ1n) is 4.88. The minimum atomic E-state index is 0.749. The van der Waals surface area contributed by atoms with E-state index in [0.29, 0.717) is 0 Å². The maximum atomic E-state index is 4.54. The van der Waals surface area contributed by atoms with E-state index in [4.69, 9.17) is 0 Å². The number of nitrogens with zero attached hydrogens (tertiary/aromatic N) is 2. The summed E-state index contributed by atoms with van der Waals surface area (Å²) in [7, 11) is 2.04. The van der Waals surface area contributed by atoms with Crippen molar-refractivity contribution in [2.45, 2.75) is 18.8 Å². The Bertz CT molecular complexity index is 497. The highest BCUT2D eigenvalue weighted by Gasteiger charge is 2.29. The van der Waals surface area contributed by atoms with Crippen LogP contribution in [0.15, 0.2) is 22.7 Å². The standard InChI is InChI=1S/C11H11BrN2/c1-14-11(7-5-6-7)8-3-2-4-9(12)10(8)13-14/h2-4,7H,5-6H2,1H3. The normalized spacial score (nSPS) is 16.4. The number of aryl methyl sites for hydroxylation is 1. The number of rotatable bonds is 1. The molecule has 1 heterocycles. The fraction of sp³-hybridized carbons (Fsp3) is 0.364. The van der Waals surface area contributed by atoms with Crippen LogP contribution in [0.4, 0.5) is 0 Å². The lowest BCUT2D eigenvalue weighted by molar-refractivity contribution is 0.723. The molecule has 1 aliphatic carbocycles. The number of benzene rings is 1. The molecule has 0 radical (unpaired) electrons. The van der Waals surface area contributed by atoms with Gasteiger partial charge in [-0.15, -0.1) is 0 Å². The summed E-state index contributed by atoms with van der Waals surface area (Å²) in [5, 5.41) is 5.85. The zero-order valence-corrected chi connectivity index (χ0v) is 9.58. The molecule has 72 valence electrons. The Morgan fingerprint density at radius 3 is 2.93 bits per heavy atom. The molecule has 0 saturated heterocycles. The summed E-state index contributed by atoms with van der Waals surface area (Å²) in [4.78, 5) is 0. The molecule has 0 atom stereocenters. The Morgan fingerprint density at radius 1 is 1.43 bits per heavy atom. The highest BCUT2D eigenvalue weighted by Crippen LogP contribution is 2.43. The highest BCUT2D eigenvalue weighted by molar-refractivity contribution is 9.10. The molecule has 14 heavy (non-hydrogen) atoms. The first kappa shape index (κ1) is 8.48. The van der Waals surface area contributed by atoms with Crippen LogP contribution in [0, 0.1) is 0 Å². The summed E-state index contributed by atoms with van der Waals surface area (Å²) in [6.45, 7) is 0. The van der Waals surface area contributed by atoms with Crippen molar-refractivity contribution in [3.8, 4) is 0 Å². The Kier molecular flexibility index (Phi) is 1.71. The van der Waals surface area contributed by atoms with E-state index in [1.807, 2.05) is 17.8 Å². The van der Waals surface area contributed by atoms with Crippen LogP contribution in [0.5, 0.6) is 0 Å². The monoisotopic (exact) mass is 250 g/mol. The fourth-order valence-electron chi connectivity index (χ4n) is 2.04. The van der Waals surface area contributed by atoms with Crippen LogP contribution < -0.4 is 0 Å². The summed E-state index contributed by atoms with van der Waals surface area (Å²) >= 11 is 3.54. The lowest BCUT2D eigenvalue weighted by Crippen LogP contribution is -1.95. The minimum Gasteiger partial charge on any atom is -0.271 e. The van der Waals surface area contributed by atoms with Crippen molar-refractivity contribution < 1.29 is 0 Å². The van der Waals surface area contributed by atoms with Gasteiger partial charge in [-0.05, 0) is 34.8 Å². The van der Waals surface area contributed by atoms with E-state index >= 15 is 0 Å². The lowest BCUT2D eigenvalue weighted by atomic mass is 10.1. The largest absolute Gasteiger partial charge is 0.271 e. The van der Waals surface area contributed by atoms with Gasteiger partial charge in [0, 0.05) is 28.5 Å². The predicted octanol–water partition coefficient (Wildman–Crippen LogP) is 3.21. The quantitative estimate of drug-likeness (QED) is 0.760. The molecule has 1 aliphatic rings. The summed E-state index contributed by atoms with van der Waals surface area (Å²) in [5.41, 5.74) is 2.50. The summed E-state index contributed by atoms with van der Waals surface area (Å²) in [6, 6.07) is 6.30. The molecule has 0 bridgehead atoms. The third kappa shape index (κ3) is 1.12. The Hall–Kier alpha value is -0.830. The Morgan fingerprint density at radius 2 is 2.21 bits per heavy atom. The SMILES string of the molecule is Cn1nc2c(Br)cccc2c1C1CC1. The van der Waals surface area contributed by atoms with Crippen LogP contribution in [0.3, 0.4) is 0 Å². The first-order valence-corrected chi connectivity index (χ1v) is 5.68. The zero-order chi connectivity index (χ0) is 9.71. The third-order valence-electron chi connectivity index (χ3n) is 2.83. The zero-order valence-electron chi connectivity index (χ0n) is 8.00. The van der Waals surface area contributed by atoms with Gasteiger partial charge < -0.3 is 0 Å². The molecule has 0 amide bonds. The van der Waals surface area contributed by atoms with E-state index < -0.39 is 0 Å². The second-order valence-corrected chi connectivity index (χ2v) is 4.77. The van der Waals surface area contributed by atoms with Crippen LogP contribution in [-0.2, 0) is 7.05 Å². The first-order chi connectivity index (χ1) is 6.77. The van der Waals surface area contributed by atoms with Gasteiger partial charge in [0.1, 0.15) is 5.52 Å². The van der Waals surface area contributed by atoms with Crippen LogP contribution in [0.25, 0.3) is 10.9 Å². The van der Waals surface area contributed by atoms with Crippen LogP contribution in [-0.4, -0.2) is 9.78 Å². The summed E-state index contributed by atoms with van der Waals surface area (Å²) in [5.74, 6) is 0.749. The van der Waals surface area contributed by atoms with Crippen molar-refractivity contribution in [2.75, 3.05) is 0 Å². The summed E-state index contributed by atoms with van der Waals surface area (Å²) in [6.07, 6.45) is 2.64. The molecular formula is C11H11BrN2. The topological polar surface area (TPSA) is 17.8 Å². The van der Waals surface area contributed by atoms with Gasteiger partial charge in [0.2, 0.25) is 0 Å². The molecule has 0 unspecified atom stereocenters. The van der Waals surface area contributed by atoms with E-state index in [2.05, 4.69) is 33.2 Å². The van der Waals surface area contributed by atoms with Gasteiger partial charge in [-0.1, -0.05) is 12.1 Å². The number of aromatic nitrogens is 2. The molecule has 3 rings (SSSR count). The van der Waals surface area contributed by atoms with Gasteiger partial charge in [0.15, 0.2) is 0 Å². The second kappa shape index (κ2) is 2.83. The molecule has 1 saturated carbocycles. The van der Waals surface area contributed by atoms with Crippen molar-refractivity contribution in [2.24, 2.45) is 7.05 Å². The van der Waals surface area contributed by atoms with E-state index in [9.17, 15) is 0 Å². The molecule has 1 aromatic carbocycles. The predicted molar refractivity (Wildman–Crippen MR) is 60.4 cm³/mol. The summed E-state index contributed by atoms with van der Waals surface area (Å²) < 4.78 is 3.13. The molecule has 0 aliphatic heterocycles. The van der Waals surface area contributed by atoms with Crippen molar-refractivity contribution in [3.63, 3.8) is 0 Å². The maximum Gasteiger partial charge on any atom is 0.107 e. The van der Waals surface area contributed by atoms with E-state index in [1.165, 1.54) is 23.9 Å². The molecule has 0 N–H and O–H groups in total. The molecule has 2 nitrogen and oxygen atoms in total. The third-order valence-corrected chi connectivity index (χ3v) is 3.47.